The van der Waals surface area contributed by atoms with Crippen LogP contribution >= 0.6 is 24.4 Å². The summed E-state index contributed by atoms with van der Waals surface area (Å²) >= 11 is 12.2. The quantitative estimate of drug-likeness (QED) is 0.550. The van der Waals surface area contributed by atoms with Crippen molar-refractivity contribution in [1.29, 1.82) is 0 Å². The molecule has 4 fully saturated rings. The van der Waals surface area contributed by atoms with Gasteiger partial charge in [0.05, 0.1) is 0 Å². The Balaban J connectivity index is 1.80. The van der Waals surface area contributed by atoms with E-state index in [1.54, 1.807) is 0 Å². The Hall–Kier alpha value is 0.180. The van der Waals surface area contributed by atoms with Gasteiger partial charge in [0.2, 0.25) is 0 Å². The summed E-state index contributed by atoms with van der Waals surface area (Å²) < 4.78 is 0. The molecule has 6 unspecified atom stereocenters. The lowest BCUT2D eigenvalue weighted by molar-refractivity contribution is 0.135. The van der Waals surface area contributed by atoms with Crippen LogP contribution in [0.3, 0.4) is 0 Å². The van der Waals surface area contributed by atoms with E-state index >= 15 is 0 Å². The van der Waals surface area contributed by atoms with Crippen molar-refractivity contribution in [2.75, 3.05) is 0 Å². The molecule has 4 aliphatic carbocycles. The van der Waals surface area contributed by atoms with Crippen LogP contribution in [0.4, 0.5) is 0 Å². The van der Waals surface area contributed by atoms with Crippen molar-refractivity contribution in [2.45, 2.75) is 67.2 Å². The molecule has 4 saturated carbocycles. The molecule has 0 spiro atoms. The fraction of sp³-hybridized carbons (Fsp3) is 0.900. The molecule has 4 bridgehead atoms. The van der Waals surface area contributed by atoms with Gasteiger partial charge in [-0.2, -0.15) is 0 Å². The highest BCUT2D eigenvalue weighted by molar-refractivity contribution is 7.81. The second-order valence-electron chi connectivity index (χ2n) is 10.2. The molecule has 122 valence electrons. The van der Waals surface area contributed by atoms with Crippen LogP contribution in [0.1, 0.15) is 67.2 Å². The summed E-state index contributed by atoms with van der Waals surface area (Å²) in [6.45, 7) is 14.8. The van der Waals surface area contributed by atoms with E-state index in [-0.39, 0.29) is 10.8 Å². The van der Waals surface area contributed by atoms with Crippen LogP contribution in [-0.2, 0) is 0 Å². The van der Waals surface area contributed by atoms with Gasteiger partial charge in [0.15, 0.2) is 0 Å². The van der Waals surface area contributed by atoms with E-state index in [4.69, 9.17) is 24.4 Å². The van der Waals surface area contributed by atoms with E-state index in [1.807, 2.05) is 0 Å². The molecule has 0 heterocycles. The first-order valence-electron chi connectivity index (χ1n) is 9.09. The first-order valence-corrected chi connectivity index (χ1v) is 9.90. The third-order valence-electron chi connectivity index (χ3n) is 9.56. The van der Waals surface area contributed by atoms with Gasteiger partial charge in [-0.05, 0) is 48.3 Å². The van der Waals surface area contributed by atoms with Crippen LogP contribution in [0, 0.1) is 45.3 Å². The molecule has 4 rings (SSSR count). The number of hydrogen-bond acceptors (Lipinski definition) is 2. The normalized spacial score (nSPS) is 54.5. The molecule has 0 aliphatic heterocycles. The molecule has 22 heavy (non-hydrogen) atoms. The van der Waals surface area contributed by atoms with Gasteiger partial charge in [-0.3, -0.25) is 0 Å². The van der Waals surface area contributed by atoms with Gasteiger partial charge < -0.3 is 0 Å². The molecular formula is C20H30S2. The van der Waals surface area contributed by atoms with E-state index in [0.717, 1.165) is 11.8 Å². The van der Waals surface area contributed by atoms with Crippen molar-refractivity contribution in [3.8, 4) is 0 Å². The third kappa shape index (κ3) is 1.35. The van der Waals surface area contributed by atoms with E-state index in [1.165, 1.54) is 35.4 Å². The fourth-order valence-electron chi connectivity index (χ4n) is 7.14. The summed E-state index contributed by atoms with van der Waals surface area (Å²) in [4.78, 5) is 2.76. The SMILES string of the molecule is CC12CCC(C(C3C(=S)C4(C)CCC3C4(C)C)C1=S)C2(C)C. The maximum Gasteiger partial charge on any atom is 0.00456 e. The summed E-state index contributed by atoms with van der Waals surface area (Å²) in [5.41, 5.74) is 1.24. The summed E-state index contributed by atoms with van der Waals surface area (Å²) in [5, 5.41) is 0. The number of rotatable bonds is 1. The Morgan fingerprint density at radius 3 is 1.23 bits per heavy atom. The minimum atomic E-state index is 0.264. The average Bonchev–Trinajstić information content (AvgIpc) is 2.90. The largest absolute Gasteiger partial charge is 0.0887 e. The molecule has 6 atom stereocenters. The van der Waals surface area contributed by atoms with Gasteiger partial charge in [-0.25, -0.2) is 0 Å². The summed E-state index contributed by atoms with van der Waals surface area (Å²) in [6, 6.07) is 0. The monoisotopic (exact) mass is 334 g/mol. The number of hydrogen-bond donors (Lipinski definition) is 0. The molecule has 0 saturated heterocycles. The maximum atomic E-state index is 6.11. The van der Waals surface area contributed by atoms with E-state index in [0.29, 0.717) is 22.7 Å². The lowest BCUT2D eigenvalue weighted by Gasteiger charge is -2.38. The lowest BCUT2D eigenvalue weighted by atomic mass is 9.68. The predicted octanol–water partition coefficient (Wildman–Crippen LogP) is 5.87. The Morgan fingerprint density at radius 2 is 1.00 bits per heavy atom. The van der Waals surface area contributed by atoms with Gasteiger partial charge in [-0.1, -0.05) is 66.0 Å². The van der Waals surface area contributed by atoms with Crippen molar-refractivity contribution in [3.63, 3.8) is 0 Å². The average molecular weight is 335 g/mol. The van der Waals surface area contributed by atoms with Gasteiger partial charge in [-0.15, -0.1) is 0 Å². The Bertz CT molecular complexity index is 535. The van der Waals surface area contributed by atoms with Crippen molar-refractivity contribution in [3.05, 3.63) is 0 Å². The van der Waals surface area contributed by atoms with Crippen LogP contribution in [0.5, 0.6) is 0 Å². The van der Waals surface area contributed by atoms with E-state index in [2.05, 4.69) is 41.5 Å². The maximum absolute atomic E-state index is 6.11. The predicted molar refractivity (Wildman–Crippen MR) is 101 cm³/mol. The van der Waals surface area contributed by atoms with Crippen molar-refractivity contribution >= 4 is 34.2 Å². The summed E-state index contributed by atoms with van der Waals surface area (Å²) in [5.74, 6) is 2.68. The zero-order chi connectivity index (χ0) is 16.3. The molecule has 0 nitrogen and oxygen atoms in total. The molecule has 0 amide bonds. The zero-order valence-corrected chi connectivity index (χ0v) is 16.6. The highest BCUT2D eigenvalue weighted by Crippen LogP contribution is 2.74. The molecular weight excluding hydrogens is 304 g/mol. The molecule has 0 radical (unpaired) electrons. The lowest BCUT2D eigenvalue weighted by Crippen LogP contribution is -2.40. The minimum absolute atomic E-state index is 0.264. The van der Waals surface area contributed by atoms with Gasteiger partial charge >= 0.3 is 0 Å². The Morgan fingerprint density at radius 1 is 0.682 bits per heavy atom. The van der Waals surface area contributed by atoms with Crippen LogP contribution in [0.25, 0.3) is 0 Å². The van der Waals surface area contributed by atoms with E-state index < -0.39 is 0 Å². The molecule has 0 N–H and O–H groups in total. The molecule has 2 heteroatoms. The molecule has 0 aromatic carbocycles. The van der Waals surface area contributed by atoms with Gasteiger partial charge in [0.25, 0.3) is 0 Å². The second-order valence-corrected chi connectivity index (χ2v) is 11.1. The van der Waals surface area contributed by atoms with Gasteiger partial charge in [0, 0.05) is 32.4 Å². The van der Waals surface area contributed by atoms with Crippen LogP contribution in [-0.4, -0.2) is 9.73 Å². The smallest absolute Gasteiger partial charge is 0.00456 e. The Labute approximate surface area is 146 Å². The minimum Gasteiger partial charge on any atom is -0.0887 e. The van der Waals surface area contributed by atoms with Crippen molar-refractivity contribution in [2.24, 2.45) is 45.3 Å². The van der Waals surface area contributed by atoms with Crippen molar-refractivity contribution < 1.29 is 0 Å². The fourth-order valence-corrected chi connectivity index (χ4v) is 8.49. The Kier molecular flexibility index (Phi) is 2.88. The number of thiocarbonyl (C=S) groups is 2. The van der Waals surface area contributed by atoms with Crippen LogP contribution in [0.2, 0.25) is 0 Å². The highest BCUT2D eigenvalue weighted by Gasteiger charge is 2.71. The van der Waals surface area contributed by atoms with Gasteiger partial charge in [0.1, 0.15) is 0 Å². The summed E-state index contributed by atoms with van der Waals surface area (Å²) in [7, 11) is 0. The van der Waals surface area contributed by atoms with Crippen molar-refractivity contribution in [1.82, 2.24) is 0 Å². The number of fused-ring (bicyclic) bond motifs is 4. The third-order valence-corrected chi connectivity index (χ3v) is 11.0. The first-order chi connectivity index (χ1) is 10.00. The molecule has 4 aliphatic rings. The molecule has 0 aromatic rings. The zero-order valence-electron chi connectivity index (χ0n) is 15.0. The van der Waals surface area contributed by atoms with Crippen LogP contribution in [0.15, 0.2) is 0 Å². The molecule has 0 aromatic heterocycles. The standard InChI is InChI=1S/C20H30S2/c1-17(2)11-7-9-19(17,5)15(21)13(11)14-12-8-10-20(6,16(14)22)18(12,3)4/h11-14H,7-10H2,1-6H3. The summed E-state index contributed by atoms with van der Waals surface area (Å²) in [6.07, 6.45) is 5.31. The topological polar surface area (TPSA) is 0 Å². The second kappa shape index (κ2) is 4.04. The van der Waals surface area contributed by atoms with E-state index in [9.17, 15) is 0 Å². The van der Waals surface area contributed by atoms with Crippen LogP contribution < -0.4 is 0 Å². The highest BCUT2D eigenvalue weighted by atomic mass is 32.1. The first kappa shape index (κ1) is 15.7.